The molecule has 0 saturated carbocycles. The third-order valence-corrected chi connectivity index (χ3v) is 5.41. The molecule has 3 aromatic rings. The van der Waals surface area contributed by atoms with Gasteiger partial charge in [-0.1, -0.05) is 37.6 Å². The predicted molar refractivity (Wildman–Crippen MR) is 124 cm³/mol. The minimum absolute atomic E-state index is 0.0153. The van der Waals surface area contributed by atoms with Crippen molar-refractivity contribution in [1.82, 2.24) is 4.57 Å². The molecule has 2 aromatic carbocycles. The molecule has 0 spiro atoms. The summed E-state index contributed by atoms with van der Waals surface area (Å²) in [4.78, 5) is 26.5. The number of ketones is 1. The Morgan fingerprint density at radius 2 is 1.85 bits per heavy atom. The Kier molecular flexibility index (Phi) is 7.52. The second kappa shape index (κ2) is 10.5. The van der Waals surface area contributed by atoms with Gasteiger partial charge in [-0.05, 0) is 48.7 Å². The van der Waals surface area contributed by atoms with E-state index in [-0.39, 0.29) is 28.8 Å². The third-order valence-electron chi connectivity index (χ3n) is 5.41. The van der Waals surface area contributed by atoms with Gasteiger partial charge in [0.2, 0.25) is 11.7 Å². The summed E-state index contributed by atoms with van der Waals surface area (Å²) in [5.74, 6) is 0.0337. The highest BCUT2D eigenvalue weighted by molar-refractivity contribution is 6.13. The maximum absolute atomic E-state index is 13.5. The lowest BCUT2D eigenvalue weighted by Crippen LogP contribution is -2.27. The smallest absolute Gasteiger partial charge is 0.271 e. The fourth-order valence-corrected chi connectivity index (χ4v) is 3.52. The molecule has 3 rings (SSSR count). The molecule has 1 aromatic heterocycles. The lowest BCUT2D eigenvalue weighted by Gasteiger charge is -2.17. The van der Waals surface area contributed by atoms with E-state index in [1.54, 1.807) is 55.6 Å². The number of hydrogen-bond acceptors (Lipinski definition) is 6. The number of aromatic nitrogens is 1. The van der Waals surface area contributed by atoms with Gasteiger partial charge in [-0.3, -0.25) is 14.2 Å². The van der Waals surface area contributed by atoms with E-state index in [0.29, 0.717) is 23.7 Å². The summed E-state index contributed by atoms with van der Waals surface area (Å²) in [6.07, 6.45) is 1.77. The van der Waals surface area contributed by atoms with Gasteiger partial charge in [0.1, 0.15) is 23.1 Å². The fraction of sp³-hybridized carbons (Fsp3) is 0.269. The molecule has 0 radical (unpaired) electrons. The summed E-state index contributed by atoms with van der Waals surface area (Å²) in [6.45, 7) is 3.97. The lowest BCUT2D eigenvalue weighted by molar-refractivity contribution is 0.103. The molecule has 0 aliphatic rings. The van der Waals surface area contributed by atoms with E-state index in [2.05, 4.69) is 0 Å². The fourth-order valence-electron chi connectivity index (χ4n) is 3.52. The Bertz CT molecular complexity index is 1250. The third kappa shape index (κ3) is 4.90. The van der Waals surface area contributed by atoms with Crippen LogP contribution < -0.4 is 15.0 Å². The van der Waals surface area contributed by atoms with Crippen LogP contribution in [0.1, 0.15) is 52.4 Å². The van der Waals surface area contributed by atoms with Crippen LogP contribution in [-0.2, 0) is 6.54 Å². The first-order valence-corrected chi connectivity index (χ1v) is 10.7. The molecular weight excluding hydrogens is 420 g/mol. The molecule has 0 atom stereocenters. The van der Waals surface area contributed by atoms with Crippen molar-refractivity contribution in [3.8, 4) is 23.4 Å². The van der Waals surface area contributed by atoms with Gasteiger partial charge in [0.15, 0.2) is 0 Å². The van der Waals surface area contributed by atoms with Crippen molar-refractivity contribution < 1.29 is 19.4 Å². The quantitative estimate of drug-likeness (QED) is 0.390. The number of para-hydroxylation sites is 1. The van der Waals surface area contributed by atoms with Crippen LogP contribution in [0.25, 0.3) is 0 Å². The Morgan fingerprint density at radius 3 is 2.48 bits per heavy atom. The van der Waals surface area contributed by atoms with Gasteiger partial charge in [-0.25, -0.2) is 0 Å². The Hall–Kier alpha value is -4.05. The number of ether oxygens (including phenoxy) is 2. The zero-order chi connectivity index (χ0) is 24.0. The number of carbonyl (C=O) groups excluding carboxylic acids is 1. The summed E-state index contributed by atoms with van der Waals surface area (Å²) < 4.78 is 12.0. The van der Waals surface area contributed by atoms with E-state index in [4.69, 9.17) is 9.47 Å². The molecule has 0 fully saturated rings. The van der Waals surface area contributed by atoms with Gasteiger partial charge in [-0.15, -0.1) is 0 Å². The number of benzene rings is 2. The van der Waals surface area contributed by atoms with E-state index >= 15 is 0 Å². The lowest BCUT2D eigenvalue weighted by atomic mass is 9.96. The number of rotatable bonds is 9. The van der Waals surface area contributed by atoms with Crippen LogP contribution in [0.4, 0.5) is 0 Å². The molecule has 7 nitrogen and oxygen atoms in total. The maximum atomic E-state index is 13.5. The average Bonchev–Trinajstić information content (AvgIpc) is 2.83. The summed E-state index contributed by atoms with van der Waals surface area (Å²) in [5.41, 5.74) is 0.153. The number of nitrogens with zero attached hydrogens (tertiary/aromatic N) is 2. The number of pyridine rings is 1. The second-order valence-electron chi connectivity index (χ2n) is 7.58. The van der Waals surface area contributed by atoms with Crippen LogP contribution in [0.5, 0.6) is 17.4 Å². The van der Waals surface area contributed by atoms with Crippen LogP contribution >= 0.6 is 0 Å². The Balaban J connectivity index is 2.11. The molecule has 1 N–H and O–H groups in total. The molecule has 1 heterocycles. The second-order valence-corrected chi connectivity index (χ2v) is 7.58. The van der Waals surface area contributed by atoms with Crippen molar-refractivity contribution in [2.45, 2.75) is 33.2 Å². The van der Waals surface area contributed by atoms with Gasteiger partial charge < -0.3 is 14.6 Å². The first kappa shape index (κ1) is 23.6. The van der Waals surface area contributed by atoms with Gasteiger partial charge >= 0.3 is 0 Å². The number of unbranched alkanes of at least 4 members (excludes halogenated alkanes) is 1. The predicted octanol–water partition coefficient (Wildman–Crippen LogP) is 4.20. The highest BCUT2D eigenvalue weighted by Gasteiger charge is 2.26. The molecule has 0 aliphatic carbocycles. The van der Waals surface area contributed by atoms with Crippen molar-refractivity contribution in [3.05, 3.63) is 86.7 Å². The zero-order valence-electron chi connectivity index (χ0n) is 18.9. The highest BCUT2D eigenvalue weighted by atomic mass is 16.5. The number of carbonyl (C=O) groups is 1. The first-order chi connectivity index (χ1) is 15.9. The summed E-state index contributed by atoms with van der Waals surface area (Å²) in [5, 5.41) is 20.7. The van der Waals surface area contributed by atoms with Crippen molar-refractivity contribution in [3.63, 3.8) is 0 Å². The summed E-state index contributed by atoms with van der Waals surface area (Å²) >= 11 is 0. The molecule has 0 unspecified atom stereocenters. The largest absolute Gasteiger partial charge is 0.497 e. The maximum Gasteiger partial charge on any atom is 0.271 e. The van der Waals surface area contributed by atoms with Crippen LogP contribution in [0.3, 0.4) is 0 Å². The van der Waals surface area contributed by atoms with Crippen LogP contribution in [0.2, 0.25) is 0 Å². The van der Waals surface area contributed by atoms with Crippen molar-refractivity contribution >= 4 is 5.78 Å². The molecule has 7 heteroatoms. The topological polar surface area (TPSA) is 102 Å². The van der Waals surface area contributed by atoms with Gasteiger partial charge in [0.25, 0.3) is 5.56 Å². The van der Waals surface area contributed by atoms with Crippen molar-refractivity contribution in [2.75, 3.05) is 13.7 Å². The normalized spacial score (nSPS) is 10.5. The zero-order valence-corrected chi connectivity index (χ0v) is 18.9. The van der Waals surface area contributed by atoms with Crippen molar-refractivity contribution in [2.24, 2.45) is 0 Å². The van der Waals surface area contributed by atoms with E-state index in [1.165, 1.54) is 6.92 Å². The summed E-state index contributed by atoms with van der Waals surface area (Å²) in [7, 11) is 1.55. The van der Waals surface area contributed by atoms with E-state index in [0.717, 1.165) is 17.4 Å². The van der Waals surface area contributed by atoms with Gasteiger partial charge in [0, 0.05) is 0 Å². The minimum Gasteiger partial charge on any atom is -0.497 e. The van der Waals surface area contributed by atoms with E-state index in [1.807, 2.05) is 13.0 Å². The van der Waals surface area contributed by atoms with Gasteiger partial charge in [-0.2, -0.15) is 5.26 Å². The highest BCUT2D eigenvalue weighted by Crippen LogP contribution is 2.29. The standard InChI is InChI=1S/C26H26N2O5/c1-4-5-14-33-22-9-7-6-8-20(22)24(29)23-17(2)21(15-27)25(30)28(26(23)31)16-18-10-12-19(32-3)13-11-18/h6-13,31H,4-5,14,16H2,1-3H3. The minimum atomic E-state index is -0.660. The Morgan fingerprint density at radius 1 is 1.15 bits per heavy atom. The van der Waals surface area contributed by atoms with Crippen LogP contribution in [0, 0.1) is 18.3 Å². The van der Waals surface area contributed by atoms with Crippen molar-refractivity contribution in [1.29, 1.82) is 5.26 Å². The molecule has 33 heavy (non-hydrogen) atoms. The monoisotopic (exact) mass is 446 g/mol. The number of methoxy groups -OCH3 is 1. The van der Waals surface area contributed by atoms with E-state index in [9.17, 15) is 20.0 Å². The Labute approximate surface area is 192 Å². The number of hydrogen-bond donors (Lipinski definition) is 1. The number of aromatic hydroxyl groups is 1. The molecule has 170 valence electrons. The van der Waals surface area contributed by atoms with Gasteiger partial charge in [0.05, 0.1) is 31.4 Å². The SMILES string of the molecule is CCCCOc1ccccc1C(=O)c1c(C)c(C#N)c(=O)n(Cc2ccc(OC)cc2)c1O. The number of nitriles is 1. The van der Waals surface area contributed by atoms with Crippen LogP contribution in [0.15, 0.2) is 53.3 Å². The molecule has 0 aliphatic heterocycles. The summed E-state index contributed by atoms with van der Waals surface area (Å²) in [6, 6.07) is 15.6. The van der Waals surface area contributed by atoms with E-state index < -0.39 is 17.2 Å². The molecule has 0 saturated heterocycles. The molecule has 0 bridgehead atoms. The molecule has 0 amide bonds. The average molecular weight is 447 g/mol. The first-order valence-electron chi connectivity index (χ1n) is 10.7. The van der Waals surface area contributed by atoms with Crippen LogP contribution in [-0.4, -0.2) is 29.2 Å². The molecular formula is C26H26N2O5.